The van der Waals surface area contributed by atoms with Crippen LogP contribution in [0.4, 0.5) is 5.82 Å². The van der Waals surface area contributed by atoms with Crippen molar-refractivity contribution >= 4 is 24.8 Å². The first-order chi connectivity index (χ1) is 10.3. The second-order valence-electron chi connectivity index (χ2n) is 4.80. The van der Waals surface area contributed by atoms with Gasteiger partial charge in [-0.3, -0.25) is 9.09 Å². The number of fused-ring (bicyclic) bond motifs is 1. The van der Waals surface area contributed by atoms with E-state index in [1.54, 1.807) is 4.57 Å². The highest BCUT2D eigenvalue weighted by Gasteiger charge is 2.37. The monoisotopic (exact) mass is 331 g/mol. The second-order valence-corrected chi connectivity index (χ2v) is 6.04. The fourth-order valence-corrected chi connectivity index (χ4v) is 2.63. The van der Waals surface area contributed by atoms with Gasteiger partial charge in [0.05, 0.1) is 19.0 Å². The summed E-state index contributed by atoms with van der Waals surface area (Å²) >= 11 is 0. The molecule has 0 saturated carbocycles. The molecule has 11 nitrogen and oxygen atoms in total. The van der Waals surface area contributed by atoms with Gasteiger partial charge >= 0.3 is 7.82 Å². The summed E-state index contributed by atoms with van der Waals surface area (Å²) in [7, 11) is -4.62. The van der Waals surface area contributed by atoms with Crippen molar-refractivity contribution in [3.63, 3.8) is 0 Å². The molecule has 12 heteroatoms. The fourth-order valence-electron chi connectivity index (χ4n) is 2.29. The van der Waals surface area contributed by atoms with Gasteiger partial charge in [-0.1, -0.05) is 0 Å². The number of rotatable bonds is 4. The van der Waals surface area contributed by atoms with Crippen molar-refractivity contribution in [1.29, 1.82) is 0 Å². The van der Waals surface area contributed by atoms with Crippen molar-refractivity contribution in [1.82, 2.24) is 19.5 Å². The molecule has 0 amide bonds. The molecule has 1 saturated heterocycles. The smallest absolute Gasteiger partial charge is 0.390 e. The molecule has 3 heterocycles. The second kappa shape index (κ2) is 5.54. The predicted octanol–water partition coefficient (Wildman–Crippen LogP) is -0.834. The van der Waals surface area contributed by atoms with Crippen LogP contribution in [0.5, 0.6) is 0 Å². The Balaban J connectivity index is 1.78. The average Bonchev–Trinajstić information content (AvgIpc) is 3.00. The Kier molecular flexibility index (Phi) is 3.85. The van der Waals surface area contributed by atoms with E-state index in [2.05, 4.69) is 19.5 Å². The predicted molar refractivity (Wildman–Crippen MR) is 72.3 cm³/mol. The molecule has 3 rings (SSSR count). The standard InChI is InChI=1S/C10H14N5O6P/c11-9-8-10(13-3-12-9)15(4-14-8)7-1-5(16)6(21-7)2-20-22(17,18)19/h3-7,16H,1-2H2,(H2,11,12,13)(H2,17,18,19)/t5-,6?,7+/m0/s1. The largest absolute Gasteiger partial charge is 0.469 e. The molecule has 2 aromatic heterocycles. The number of imidazole rings is 1. The molecule has 1 aliphatic heterocycles. The van der Waals surface area contributed by atoms with Crippen molar-refractivity contribution in [2.24, 2.45) is 0 Å². The van der Waals surface area contributed by atoms with E-state index < -0.39 is 32.9 Å². The number of aromatic nitrogens is 4. The number of anilines is 1. The summed E-state index contributed by atoms with van der Waals surface area (Å²) in [5, 5.41) is 9.93. The summed E-state index contributed by atoms with van der Waals surface area (Å²) in [5.41, 5.74) is 6.55. The summed E-state index contributed by atoms with van der Waals surface area (Å²) in [4.78, 5) is 29.4. The number of nitrogens with zero attached hydrogens (tertiary/aromatic N) is 4. The van der Waals surface area contributed by atoms with Crippen LogP contribution in [0.2, 0.25) is 0 Å². The zero-order valence-corrected chi connectivity index (χ0v) is 12.1. The van der Waals surface area contributed by atoms with Crippen LogP contribution in [0, 0.1) is 0 Å². The molecule has 0 aliphatic carbocycles. The molecule has 0 aromatic carbocycles. The third-order valence-corrected chi connectivity index (χ3v) is 3.79. The van der Waals surface area contributed by atoms with E-state index in [4.69, 9.17) is 20.3 Å². The lowest BCUT2D eigenvalue weighted by Crippen LogP contribution is -2.25. The first kappa shape index (κ1) is 15.3. The Morgan fingerprint density at radius 1 is 1.45 bits per heavy atom. The number of phosphoric ester groups is 1. The summed E-state index contributed by atoms with van der Waals surface area (Å²) in [6.07, 6.45) is 0.543. The summed E-state index contributed by atoms with van der Waals surface area (Å²) in [6, 6.07) is 0. The van der Waals surface area contributed by atoms with Crippen molar-refractivity contribution < 1.29 is 28.7 Å². The summed E-state index contributed by atoms with van der Waals surface area (Å²) in [5.74, 6) is 0.226. The van der Waals surface area contributed by atoms with Gasteiger partial charge < -0.3 is 25.4 Å². The maximum Gasteiger partial charge on any atom is 0.469 e. The van der Waals surface area contributed by atoms with Gasteiger partial charge in [-0.2, -0.15) is 0 Å². The molecule has 1 fully saturated rings. The number of phosphoric acid groups is 1. The third-order valence-electron chi connectivity index (χ3n) is 3.31. The number of aliphatic hydroxyl groups is 1. The van der Waals surface area contributed by atoms with Gasteiger partial charge in [0, 0.05) is 6.42 Å². The molecule has 22 heavy (non-hydrogen) atoms. The Hall–Kier alpha value is -1.62. The van der Waals surface area contributed by atoms with Crippen molar-refractivity contribution in [3.8, 4) is 0 Å². The molecule has 2 aromatic rings. The van der Waals surface area contributed by atoms with E-state index in [0.29, 0.717) is 11.2 Å². The van der Waals surface area contributed by atoms with Crippen LogP contribution in [-0.2, 0) is 13.8 Å². The minimum atomic E-state index is -4.62. The zero-order chi connectivity index (χ0) is 15.9. The highest BCUT2D eigenvalue weighted by atomic mass is 31.2. The highest BCUT2D eigenvalue weighted by Crippen LogP contribution is 2.38. The van der Waals surface area contributed by atoms with Crippen LogP contribution < -0.4 is 5.73 Å². The van der Waals surface area contributed by atoms with Gasteiger partial charge in [0.15, 0.2) is 11.5 Å². The van der Waals surface area contributed by atoms with Crippen molar-refractivity contribution in [2.75, 3.05) is 12.3 Å². The molecule has 1 unspecified atom stereocenters. The van der Waals surface area contributed by atoms with Gasteiger partial charge in [-0.05, 0) is 0 Å². The fraction of sp³-hybridized carbons (Fsp3) is 0.500. The van der Waals surface area contributed by atoms with E-state index in [0.717, 1.165) is 0 Å². The van der Waals surface area contributed by atoms with E-state index in [-0.39, 0.29) is 12.2 Å². The minimum absolute atomic E-state index is 0.199. The van der Waals surface area contributed by atoms with E-state index in [1.807, 2.05) is 0 Å². The zero-order valence-electron chi connectivity index (χ0n) is 11.2. The molecule has 0 radical (unpaired) electrons. The van der Waals surface area contributed by atoms with Crippen LogP contribution in [-0.4, -0.2) is 53.2 Å². The van der Waals surface area contributed by atoms with E-state index in [9.17, 15) is 9.67 Å². The van der Waals surface area contributed by atoms with Crippen LogP contribution in [0.15, 0.2) is 12.7 Å². The molecule has 120 valence electrons. The number of nitrogen functional groups attached to an aromatic ring is 1. The van der Waals surface area contributed by atoms with Crippen molar-refractivity contribution in [3.05, 3.63) is 12.7 Å². The Bertz CT molecular complexity index is 732. The molecular formula is C10H14N5O6P. The maximum absolute atomic E-state index is 10.7. The van der Waals surface area contributed by atoms with E-state index >= 15 is 0 Å². The molecule has 5 N–H and O–H groups in total. The SMILES string of the molecule is Nc1ncnc2c1ncn2[C@H]1C[C@H](O)C(COP(=O)(O)O)O1. The summed E-state index contributed by atoms with van der Waals surface area (Å²) in [6.45, 7) is -0.425. The van der Waals surface area contributed by atoms with Crippen LogP contribution in [0.3, 0.4) is 0 Å². The number of aliphatic hydroxyl groups excluding tert-OH is 1. The molecule has 1 aliphatic rings. The first-order valence-corrected chi connectivity index (χ1v) is 7.85. The maximum atomic E-state index is 10.7. The molecule has 0 spiro atoms. The van der Waals surface area contributed by atoms with Crippen LogP contribution >= 0.6 is 7.82 Å². The van der Waals surface area contributed by atoms with Crippen LogP contribution in [0.25, 0.3) is 11.2 Å². The lowest BCUT2D eigenvalue weighted by molar-refractivity contribution is -0.0424. The normalized spacial score (nSPS) is 25.9. The van der Waals surface area contributed by atoms with Gasteiger partial charge in [0.1, 0.15) is 24.2 Å². The lowest BCUT2D eigenvalue weighted by atomic mass is 10.2. The number of hydrogen-bond acceptors (Lipinski definition) is 8. The Morgan fingerprint density at radius 2 is 2.23 bits per heavy atom. The number of hydrogen-bond donors (Lipinski definition) is 4. The third kappa shape index (κ3) is 2.95. The van der Waals surface area contributed by atoms with Gasteiger partial charge in [0.25, 0.3) is 0 Å². The van der Waals surface area contributed by atoms with E-state index in [1.165, 1.54) is 12.7 Å². The highest BCUT2D eigenvalue weighted by molar-refractivity contribution is 7.46. The molecule has 0 bridgehead atoms. The summed E-state index contributed by atoms with van der Waals surface area (Å²) < 4.78 is 22.2. The van der Waals surface area contributed by atoms with Gasteiger partial charge in [-0.25, -0.2) is 19.5 Å². The Morgan fingerprint density at radius 3 is 2.95 bits per heavy atom. The van der Waals surface area contributed by atoms with Gasteiger partial charge in [0.2, 0.25) is 0 Å². The average molecular weight is 331 g/mol. The van der Waals surface area contributed by atoms with Crippen LogP contribution in [0.1, 0.15) is 12.6 Å². The topological polar surface area (TPSA) is 166 Å². The molecule has 3 atom stereocenters. The van der Waals surface area contributed by atoms with Gasteiger partial charge in [-0.15, -0.1) is 0 Å². The minimum Gasteiger partial charge on any atom is -0.390 e. The Labute approximate surface area is 124 Å². The van der Waals surface area contributed by atoms with Crippen molar-refractivity contribution in [2.45, 2.75) is 24.9 Å². The lowest BCUT2D eigenvalue weighted by Gasteiger charge is -2.16. The first-order valence-electron chi connectivity index (χ1n) is 6.32. The quantitative estimate of drug-likeness (QED) is 0.519. The number of nitrogens with two attached hydrogens (primary N) is 1. The number of ether oxygens (including phenoxy) is 1. The molecular weight excluding hydrogens is 317 g/mol.